The van der Waals surface area contributed by atoms with Crippen LogP contribution in [-0.4, -0.2) is 15.0 Å². The van der Waals surface area contributed by atoms with E-state index in [4.69, 9.17) is 15.0 Å². The number of thiophene rings is 1. The molecule has 0 fully saturated rings. The maximum absolute atomic E-state index is 5.44. The molecule has 0 bridgehead atoms. The van der Waals surface area contributed by atoms with Gasteiger partial charge in [0.1, 0.15) is 0 Å². The topological polar surface area (TPSA) is 38.7 Å². The molecule has 0 aliphatic carbocycles. The van der Waals surface area contributed by atoms with Gasteiger partial charge in [-0.1, -0.05) is 212 Å². The minimum absolute atomic E-state index is 0.680. The van der Waals surface area contributed by atoms with Crippen LogP contribution in [0.15, 0.2) is 237 Å². The summed E-state index contributed by atoms with van der Waals surface area (Å²) in [6, 6.07) is 83.8. The third-order valence-electron chi connectivity index (χ3n) is 12.3. The van der Waals surface area contributed by atoms with Crippen LogP contribution in [0.5, 0.6) is 0 Å². The van der Waals surface area contributed by atoms with Crippen molar-refractivity contribution in [1.82, 2.24) is 15.0 Å². The Labute approximate surface area is 381 Å². The van der Waals surface area contributed by atoms with Gasteiger partial charge in [0, 0.05) is 43.1 Å². The number of pyridine rings is 1. The predicted octanol–water partition coefficient (Wildman–Crippen LogP) is 16.7. The Morgan fingerprint density at radius 3 is 1.37 bits per heavy atom. The largest absolute Gasteiger partial charge is 0.246 e. The average Bonchev–Trinajstić information content (AvgIpc) is 3.79. The van der Waals surface area contributed by atoms with E-state index in [1.54, 1.807) is 0 Å². The monoisotopic (exact) mass is 845 g/mol. The number of hydrogen-bond donors (Lipinski definition) is 0. The fraction of sp³-hybridized carbons (Fsp3) is 0. The highest BCUT2D eigenvalue weighted by molar-refractivity contribution is 7.26. The van der Waals surface area contributed by atoms with Crippen LogP contribution >= 0.6 is 11.3 Å². The van der Waals surface area contributed by atoms with Gasteiger partial charge in [-0.05, 0) is 68.8 Å². The zero-order chi connectivity index (χ0) is 43.1. The predicted molar refractivity (Wildman–Crippen MR) is 274 cm³/mol. The summed E-state index contributed by atoms with van der Waals surface area (Å²) in [4.78, 5) is 15.8. The third-order valence-corrected chi connectivity index (χ3v) is 13.5. The molecular weight excluding hydrogens is 807 g/mol. The van der Waals surface area contributed by atoms with Crippen molar-refractivity contribution in [2.24, 2.45) is 0 Å². The van der Waals surface area contributed by atoms with Gasteiger partial charge < -0.3 is 0 Å². The number of rotatable bonds is 8. The van der Waals surface area contributed by atoms with Gasteiger partial charge in [0.15, 0.2) is 5.82 Å². The summed E-state index contributed by atoms with van der Waals surface area (Å²) in [5.74, 6) is 0.680. The van der Waals surface area contributed by atoms with E-state index in [0.29, 0.717) is 5.82 Å². The fourth-order valence-corrected chi connectivity index (χ4v) is 10.3. The summed E-state index contributed by atoms with van der Waals surface area (Å²) in [5.41, 5.74) is 17.2. The first-order valence-electron chi connectivity index (χ1n) is 21.9. The van der Waals surface area contributed by atoms with Crippen LogP contribution in [0.25, 0.3) is 121 Å². The fourth-order valence-electron chi connectivity index (χ4n) is 9.04. The van der Waals surface area contributed by atoms with E-state index in [2.05, 4.69) is 224 Å². The highest BCUT2D eigenvalue weighted by Gasteiger charge is 2.19. The van der Waals surface area contributed by atoms with Crippen LogP contribution in [0.2, 0.25) is 0 Å². The van der Waals surface area contributed by atoms with Gasteiger partial charge in [-0.2, -0.15) is 0 Å². The van der Waals surface area contributed by atoms with Crippen molar-refractivity contribution in [2.45, 2.75) is 0 Å². The molecule has 0 atom stereocenters. The van der Waals surface area contributed by atoms with Gasteiger partial charge in [0.2, 0.25) is 0 Å². The minimum atomic E-state index is 0.680. The van der Waals surface area contributed by atoms with Crippen LogP contribution < -0.4 is 0 Å². The van der Waals surface area contributed by atoms with Crippen molar-refractivity contribution in [2.75, 3.05) is 0 Å². The lowest BCUT2D eigenvalue weighted by molar-refractivity contribution is 1.18. The molecule has 0 aliphatic heterocycles. The highest BCUT2D eigenvalue weighted by Crippen LogP contribution is 2.46. The third kappa shape index (κ3) is 7.26. The van der Waals surface area contributed by atoms with E-state index in [0.717, 1.165) is 56.0 Å². The van der Waals surface area contributed by atoms with Crippen LogP contribution in [0.4, 0.5) is 0 Å². The molecule has 0 spiro atoms. The van der Waals surface area contributed by atoms with E-state index in [-0.39, 0.29) is 0 Å². The molecular formula is C61H39N3S. The van der Waals surface area contributed by atoms with Gasteiger partial charge in [0.25, 0.3) is 0 Å². The van der Waals surface area contributed by atoms with Crippen molar-refractivity contribution < 1.29 is 0 Å². The minimum Gasteiger partial charge on any atom is -0.246 e. The molecule has 9 aromatic carbocycles. The Bertz CT molecular complexity index is 3560. The van der Waals surface area contributed by atoms with Gasteiger partial charge in [0.05, 0.1) is 27.3 Å². The van der Waals surface area contributed by atoms with Gasteiger partial charge in [-0.25, -0.2) is 15.0 Å². The molecule has 304 valence electrons. The summed E-state index contributed by atoms with van der Waals surface area (Å²) in [7, 11) is 0. The lowest BCUT2D eigenvalue weighted by Crippen LogP contribution is -1.96. The Kier molecular flexibility index (Phi) is 9.70. The maximum atomic E-state index is 5.44. The lowest BCUT2D eigenvalue weighted by Gasteiger charge is -2.13. The number of fused-ring (bicyclic) bond motifs is 5. The van der Waals surface area contributed by atoms with E-state index >= 15 is 0 Å². The first-order chi connectivity index (χ1) is 32.2. The number of hydrogen-bond acceptors (Lipinski definition) is 4. The van der Waals surface area contributed by atoms with Crippen LogP contribution in [-0.2, 0) is 0 Å². The van der Waals surface area contributed by atoms with E-state index in [1.807, 2.05) is 23.5 Å². The van der Waals surface area contributed by atoms with E-state index in [9.17, 15) is 0 Å². The van der Waals surface area contributed by atoms with Gasteiger partial charge in [-0.3, -0.25) is 0 Å². The molecule has 0 saturated carbocycles. The number of benzene rings is 9. The Morgan fingerprint density at radius 2 is 0.754 bits per heavy atom. The number of nitrogens with zero attached hydrogens (tertiary/aromatic N) is 3. The normalized spacial score (nSPS) is 11.4. The molecule has 0 amide bonds. The maximum Gasteiger partial charge on any atom is 0.160 e. The van der Waals surface area contributed by atoms with Crippen molar-refractivity contribution in [3.05, 3.63) is 237 Å². The zero-order valence-corrected chi connectivity index (χ0v) is 36.1. The second-order valence-electron chi connectivity index (χ2n) is 16.3. The molecule has 0 aliphatic rings. The van der Waals surface area contributed by atoms with Crippen molar-refractivity contribution in [3.8, 4) is 89.7 Å². The average molecular weight is 846 g/mol. The second kappa shape index (κ2) is 16.4. The Balaban J connectivity index is 0.925. The van der Waals surface area contributed by atoms with Gasteiger partial charge >= 0.3 is 0 Å². The molecule has 3 heterocycles. The molecule has 3 aromatic heterocycles. The van der Waals surface area contributed by atoms with Crippen molar-refractivity contribution in [3.63, 3.8) is 0 Å². The zero-order valence-electron chi connectivity index (χ0n) is 35.3. The SMILES string of the molecule is c1ccc(-c2ccc(-c3cc(-c4ccc(-c5ccccc5)cc4)nc(-c4ccc(-c5cccc(-c6nc7cccc(-c8ccccc8)c7c7c6sc6ccccc67)c5)cc4)n3)cc2)cc1. The smallest absolute Gasteiger partial charge is 0.160 e. The molecule has 0 saturated heterocycles. The first kappa shape index (κ1) is 38.4. The molecule has 0 radical (unpaired) electrons. The molecule has 4 heteroatoms. The molecule has 65 heavy (non-hydrogen) atoms. The Hall–Kier alpha value is -8.31. The first-order valence-corrected chi connectivity index (χ1v) is 22.7. The summed E-state index contributed by atoms with van der Waals surface area (Å²) in [6.07, 6.45) is 0. The molecule has 3 nitrogen and oxygen atoms in total. The molecule has 12 rings (SSSR count). The molecule has 0 N–H and O–H groups in total. The van der Waals surface area contributed by atoms with E-state index < -0.39 is 0 Å². The Morgan fingerprint density at radius 1 is 0.292 bits per heavy atom. The van der Waals surface area contributed by atoms with Gasteiger partial charge in [-0.15, -0.1) is 11.3 Å². The van der Waals surface area contributed by atoms with Crippen LogP contribution in [0, 0.1) is 0 Å². The lowest BCUT2D eigenvalue weighted by atomic mass is 9.95. The quantitative estimate of drug-likeness (QED) is 0.153. The van der Waals surface area contributed by atoms with Crippen LogP contribution in [0.3, 0.4) is 0 Å². The van der Waals surface area contributed by atoms with Crippen molar-refractivity contribution >= 4 is 42.4 Å². The summed E-state index contributed by atoms with van der Waals surface area (Å²) >= 11 is 1.82. The second-order valence-corrected chi connectivity index (χ2v) is 17.4. The summed E-state index contributed by atoms with van der Waals surface area (Å²) < 4.78 is 2.46. The highest BCUT2D eigenvalue weighted by atomic mass is 32.1. The molecule has 12 aromatic rings. The standard InChI is InChI=1S/C61H39N3S/c1-4-14-40(15-5-1)42-26-32-46(33-27-42)54-39-55(47-34-28-43(29-35-47)41-16-6-2-7-17-41)64-61(63-54)48-36-30-44(31-37-48)49-20-12-21-50(38-49)59-60-58(52-22-10-11-25-56(52)65-60)57-51(23-13-24-53(57)62-59)45-18-8-3-9-19-45/h1-39H. The van der Waals surface area contributed by atoms with E-state index in [1.165, 1.54) is 58.9 Å². The molecule has 0 unspecified atom stereocenters. The summed E-state index contributed by atoms with van der Waals surface area (Å²) in [5, 5.41) is 3.73. The number of aromatic nitrogens is 3. The van der Waals surface area contributed by atoms with Crippen LogP contribution in [0.1, 0.15) is 0 Å². The van der Waals surface area contributed by atoms with Crippen molar-refractivity contribution in [1.29, 1.82) is 0 Å². The summed E-state index contributed by atoms with van der Waals surface area (Å²) in [6.45, 7) is 0.